The van der Waals surface area contributed by atoms with Crippen molar-refractivity contribution in [3.05, 3.63) is 35.0 Å². The van der Waals surface area contributed by atoms with E-state index in [2.05, 4.69) is 22.0 Å². The minimum atomic E-state index is 0.307. The van der Waals surface area contributed by atoms with Crippen molar-refractivity contribution in [3.63, 3.8) is 0 Å². The Bertz CT molecular complexity index is 549. The molecular formula is C14H18ClN3. The van der Waals surface area contributed by atoms with Gasteiger partial charge in [-0.15, -0.1) is 0 Å². The zero-order valence-corrected chi connectivity index (χ0v) is 11.1. The molecule has 3 N–H and O–H groups in total. The van der Waals surface area contributed by atoms with Crippen LogP contribution in [0, 0.1) is 0 Å². The van der Waals surface area contributed by atoms with Crippen LogP contribution < -0.4 is 5.73 Å². The first kappa shape index (κ1) is 12.0. The van der Waals surface area contributed by atoms with Gasteiger partial charge in [0.05, 0.1) is 5.02 Å². The molecule has 0 amide bonds. The Labute approximate surface area is 112 Å². The summed E-state index contributed by atoms with van der Waals surface area (Å²) < 4.78 is 0. The Hall–Kier alpha value is -1.03. The van der Waals surface area contributed by atoms with Crippen molar-refractivity contribution in [2.24, 2.45) is 5.73 Å². The highest BCUT2D eigenvalue weighted by molar-refractivity contribution is 6.36. The lowest BCUT2D eigenvalue weighted by molar-refractivity contribution is 0.200. The maximum Gasteiger partial charge on any atom is 0.0705 e. The number of H-pyrrole nitrogens is 1. The normalized spacial score (nSPS) is 21.6. The molecule has 0 spiro atoms. The number of nitrogens with zero attached hydrogens (tertiary/aromatic N) is 1. The second-order valence-corrected chi connectivity index (χ2v) is 5.48. The highest BCUT2D eigenvalue weighted by Crippen LogP contribution is 2.28. The van der Waals surface area contributed by atoms with Crippen LogP contribution in [0.25, 0.3) is 10.9 Å². The highest BCUT2D eigenvalue weighted by Gasteiger charge is 2.19. The summed E-state index contributed by atoms with van der Waals surface area (Å²) in [6, 6.07) is 8.46. The van der Waals surface area contributed by atoms with Crippen molar-refractivity contribution >= 4 is 22.5 Å². The fraction of sp³-hybridized carbons (Fsp3) is 0.429. The summed E-state index contributed by atoms with van der Waals surface area (Å²) in [5.41, 5.74) is 8.22. The number of fused-ring (bicyclic) bond motifs is 1. The summed E-state index contributed by atoms with van der Waals surface area (Å²) in [5, 5.41) is 1.96. The van der Waals surface area contributed by atoms with E-state index in [1.165, 1.54) is 6.42 Å². The molecule has 2 heterocycles. The summed E-state index contributed by atoms with van der Waals surface area (Å²) in [4.78, 5) is 5.79. The van der Waals surface area contributed by atoms with E-state index in [1.54, 1.807) is 0 Å². The van der Waals surface area contributed by atoms with Crippen molar-refractivity contribution in [1.82, 2.24) is 9.88 Å². The van der Waals surface area contributed by atoms with Crippen LogP contribution in [0.2, 0.25) is 5.02 Å². The van der Waals surface area contributed by atoms with Crippen molar-refractivity contribution < 1.29 is 0 Å². The van der Waals surface area contributed by atoms with Crippen molar-refractivity contribution in [2.45, 2.75) is 25.4 Å². The molecule has 1 aliphatic heterocycles. The van der Waals surface area contributed by atoms with Gasteiger partial charge in [0.15, 0.2) is 0 Å². The summed E-state index contributed by atoms with van der Waals surface area (Å²) in [6.45, 7) is 2.94. The number of benzene rings is 1. The monoisotopic (exact) mass is 263 g/mol. The average Bonchev–Trinajstić information content (AvgIpc) is 2.67. The molecule has 0 aliphatic carbocycles. The third kappa shape index (κ3) is 2.26. The first-order valence-electron chi connectivity index (χ1n) is 6.47. The SMILES string of the molecule is N[C@H]1CCCN(Cc2[nH]c3ccccc3c2Cl)C1. The molecule has 1 aliphatic rings. The molecule has 18 heavy (non-hydrogen) atoms. The number of piperidine rings is 1. The van der Waals surface area contributed by atoms with Crippen LogP contribution in [0.3, 0.4) is 0 Å². The van der Waals surface area contributed by atoms with E-state index < -0.39 is 0 Å². The first-order valence-corrected chi connectivity index (χ1v) is 6.85. The molecule has 0 radical (unpaired) electrons. The van der Waals surface area contributed by atoms with E-state index in [1.807, 2.05) is 12.1 Å². The molecule has 0 saturated carbocycles. The molecular weight excluding hydrogens is 246 g/mol. The number of nitrogens with two attached hydrogens (primary N) is 1. The largest absolute Gasteiger partial charge is 0.356 e. The molecule has 1 fully saturated rings. The van der Waals surface area contributed by atoms with Crippen LogP contribution in [0.5, 0.6) is 0 Å². The van der Waals surface area contributed by atoms with Gasteiger partial charge in [-0.3, -0.25) is 4.90 Å². The fourth-order valence-electron chi connectivity index (χ4n) is 2.73. The molecule has 1 aromatic heterocycles. The van der Waals surface area contributed by atoms with Crippen LogP contribution in [0.4, 0.5) is 0 Å². The lowest BCUT2D eigenvalue weighted by Gasteiger charge is -2.30. The van der Waals surface area contributed by atoms with Crippen LogP contribution >= 0.6 is 11.6 Å². The standard InChI is InChI=1S/C14H18ClN3/c15-14-11-5-1-2-6-12(11)17-13(14)9-18-7-3-4-10(16)8-18/h1-2,5-6,10,17H,3-4,7-9,16H2/t10-/m0/s1. The number of para-hydroxylation sites is 1. The molecule has 0 bridgehead atoms. The van der Waals surface area contributed by atoms with E-state index in [0.29, 0.717) is 6.04 Å². The molecule has 1 atom stereocenters. The van der Waals surface area contributed by atoms with E-state index in [9.17, 15) is 0 Å². The topological polar surface area (TPSA) is 45.0 Å². The van der Waals surface area contributed by atoms with Crippen molar-refractivity contribution in [3.8, 4) is 0 Å². The number of nitrogens with one attached hydrogen (secondary N) is 1. The van der Waals surface area contributed by atoms with E-state index in [0.717, 1.165) is 47.7 Å². The van der Waals surface area contributed by atoms with Gasteiger partial charge < -0.3 is 10.7 Å². The van der Waals surface area contributed by atoms with Gasteiger partial charge in [0, 0.05) is 35.7 Å². The van der Waals surface area contributed by atoms with Gasteiger partial charge in [0.1, 0.15) is 0 Å². The minimum absolute atomic E-state index is 0.307. The van der Waals surface area contributed by atoms with Gasteiger partial charge in [-0.25, -0.2) is 0 Å². The summed E-state index contributed by atoms with van der Waals surface area (Å²) in [6.07, 6.45) is 2.32. The van der Waals surface area contributed by atoms with Crippen molar-refractivity contribution in [1.29, 1.82) is 0 Å². The Kier molecular flexibility index (Phi) is 3.29. The molecule has 96 valence electrons. The number of rotatable bonds is 2. The number of aromatic amines is 1. The second kappa shape index (κ2) is 4.92. The van der Waals surface area contributed by atoms with E-state index in [-0.39, 0.29) is 0 Å². The predicted molar refractivity (Wildman–Crippen MR) is 75.8 cm³/mol. The second-order valence-electron chi connectivity index (χ2n) is 5.10. The Morgan fingerprint density at radius 2 is 2.22 bits per heavy atom. The average molecular weight is 264 g/mol. The smallest absolute Gasteiger partial charge is 0.0705 e. The van der Waals surface area contributed by atoms with Gasteiger partial charge >= 0.3 is 0 Å². The number of aromatic nitrogens is 1. The molecule has 1 saturated heterocycles. The lowest BCUT2D eigenvalue weighted by atomic mass is 10.1. The summed E-state index contributed by atoms with van der Waals surface area (Å²) >= 11 is 6.42. The maximum absolute atomic E-state index is 6.42. The molecule has 2 aromatic rings. The molecule has 0 unspecified atom stereocenters. The van der Waals surface area contributed by atoms with E-state index >= 15 is 0 Å². The van der Waals surface area contributed by atoms with Gasteiger partial charge in [-0.2, -0.15) is 0 Å². The molecule has 3 nitrogen and oxygen atoms in total. The first-order chi connectivity index (χ1) is 8.74. The van der Waals surface area contributed by atoms with Crippen LogP contribution in [0.1, 0.15) is 18.5 Å². The summed E-state index contributed by atoms with van der Waals surface area (Å²) in [7, 11) is 0. The molecule has 1 aromatic carbocycles. The fourth-order valence-corrected chi connectivity index (χ4v) is 3.00. The highest BCUT2D eigenvalue weighted by atomic mass is 35.5. The minimum Gasteiger partial charge on any atom is -0.356 e. The Balaban J connectivity index is 1.84. The van der Waals surface area contributed by atoms with Gasteiger partial charge in [0.25, 0.3) is 0 Å². The predicted octanol–water partition coefficient (Wildman–Crippen LogP) is 2.74. The van der Waals surface area contributed by atoms with Gasteiger partial charge in [-0.05, 0) is 25.5 Å². The zero-order chi connectivity index (χ0) is 12.5. The number of hydrogen-bond acceptors (Lipinski definition) is 2. The van der Waals surface area contributed by atoms with Crippen molar-refractivity contribution in [2.75, 3.05) is 13.1 Å². The Morgan fingerprint density at radius 3 is 3.00 bits per heavy atom. The Morgan fingerprint density at radius 1 is 1.39 bits per heavy atom. The van der Waals surface area contributed by atoms with Crippen LogP contribution in [-0.4, -0.2) is 29.0 Å². The van der Waals surface area contributed by atoms with Crippen LogP contribution in [0.15, 0.2) is 24.3 Å². The lowest BCUT2D eigenvalue weighted by Crippen LogP contribution is -2.42. The number of likely N-dealkylation sites (tertiary alicyclic amines) is 1. The van der Waals surface area contributed by atoms with Gasteiger partial charge in [0.2, 0.25) is 0 Å². The number of hydrogen-bond donors (Lipinski definition) is 2. The van der Waals surface area contributed by atoms with E-state index in [4.69, 9.17) is 17.3 Å². The number of halogens is 1. The third-order valence-corrected chi connectivity index (χ3v) is 4.07. The summed E-state index contributed by atoms with van der Waals surface area (Å²) in [5.74, 6) is 0. The molecule has 4 heteroatoms. The van der Waals surface area contributed by atoms with Gasteiger partial charge in [-0.1, -0.05) is 29.8 Å². The molecule has 3 rings (SSSR count). The zero-order valence-electron chi connectivity index (χ0n) is 10.3. The quantitative estimate of drug-likeness (QED) is 0.875. The van der Waals surface area contributed by atoms with Crippen LogP contribution in [-0.2, 0) is 6.54 Å². The third-order valence-electron chi connectivity index (χ3n) is 3.64. The maximum atomic E-state index is 6.42.